The van der Waals surface area contributed by atoms with Crippen molar-refractivity contribution in [3.63, 3.8) is 0 Å². The van der Waals surface area contributed by atoms with Gasteiger partial charge in [0.1, 0.15) is 6.33 Å². The predicted octanol–water partition coefficient (Wildman–Crippen LogP) is 3.65. The molecule has 80 valence electrons. The first-order chi connectivity index (χ1) is 7.18. The van der Waals surface area contributed by atoms with E-state index in [0.29, 0.717) is 10.7 Å². The smallest absolute Gasteiger partial charge is 0.116 e. The van der Waals surface area contributed by atoms with Crippen LogP contribution in [0.5, 0.6) is 0 Å². The number of hydrogen-bond acceptors (Lipinski definition) is 3. The van der Waals surface area contributed by atoms with Crippen LogP contribution in [0.3, 0.4) is 0 Å². The summed E-state index contributed by atoms with van der Waals surface area (Å²) in [5.74, 6) is 0.620. The van der Waals surface area contributed by atoms with Crippen molar-refractivity contribution in [2.75, 3.05) is 0 Å². The second-order valence-electron chi connectivity index (χ2n) is 3.92. The third-order valence-corrected chi connectivity index (χ3v) is 4.76. The van der Waals surface area contributed by atoms with Crippen LogP contribution in [0, 0.1) is 5.92 Å². The van der Waals surface area contributed by atoms with Crippen molar-refractivity contribution in [2.45, 2.75) is 25.1 Å². The van der Waals surface area contributed by atoms with E-state index in [4.69, 9.17) is 0 Å². The Balaban J connectivity index is 2.31. The van der Waals surface area contributed by atoms with Crippen molar-refractivity contribution in [3.05, 3.63) is 23.5 Å². The maximum atomic E-state index is 4.37. The summed E-state index contributed by atoms with van der Waals surface area (Å²) < 4.78 is 1.22. The molecule has 0 fully saturated rings. The largest absolute Gasteiger partial charge is 0.240 e. The highest BCUT2D eigenvalue weighted by molar-refractivity contribution is 9.09. The van der Waals surface area contributed by atoms with Crippen LogP contribution in [0.1, 0.15) is 19.5 Å². The molecule has 1 atom stereocenters. The van der Waals surface area contributed by atoms with E-state index in [0.717, 1.165) is 17.6 Å². The highest BCUT2D eigenvalue weighted by atomic mass is 79.9. The van der Waals surface area contributed by atoms with Crippen molar-refractivity contribution in [1.82, 2.24) is 9.97 Å². The molecule has 2 aromatic heterocycles. The van der Waals surface area contributed by atoms with Crippen molar-refractivity contribution >= 4 is 37.5 Å². The minimum Gasteiger partial charge on any atom is -0.240 e. The summed E-state index contributed by atoms with van der Waals surface area (Å²) in [4.78, 5) is 9.09. The van der Waals surface area contributed by atoms with E-state index in [9.17, 15) is 0 Å². The molecule has 0 spiro atoms. The lowest BCUT2D eigenvalue weighted by Gasteiger charge is -2.12. The molecule has 15 heavy (non-hydrogen) atoms. The monoisotopic (exact) mass is 284 g/mol. The molecule has 2 heterocycles. The van der Waals surface area contributed by atoms with E-state index in [2.05, 4.69) is 45.1 Å². The molecule has 0 aliphatic rings. The molecule has 0 aliphatic carbocycles. The lowest BCUT2D eigenvalue weighted by molar-refractivity contribution is 0.609. The van der Waals surface area contributed by atoms with Crippen LogP contribution in [0.25, 0.3) is 10.2 Å². The Labute approximate surface area is 102 Å². The minimum absolute atomic E-state index is 0.484. The molecule has 0 N–H and O–H groups in total. The van der Waals surface area contributed by atoms with Crippen LogP contribution in [-0.4, -0.2) is 14.8 Å². The van der Waals surface area contributed by atoms with Crippen LogP contribution in [0.15, 0.2) is 17.8 Å². The number of alkyl halides is 1. The van der Waals surface area contributed by atoms with Gasteiger partial charge in [-0.15, -0.1) is 11.3 Å². The number of fused-ring (bicyclic) bond motifs is 1. The van der Waals surface area contributed by atoms with E-state index < -0.39 is 0 Å². The van der Waals surface area contributed by atoms with Gasteiger partial charge in [0.25, 0.3) is 0 Å². The van der Waals surface area contributed by atoms with Gasteiger partial charge >= 0.3 is 0 Å². The van der Waals surface area contributed by atoms with Gasteiger partial charge in [0.05, 0.1) is 15.9 Å². The zero-order valence-corrected chi connectivity index (χ0v) is 11.2. The standard InChI is InChI=1S/C11H13BrN2S/c1-7(2)8(12)5-10-11-9(3-4-15-11)13-6-14-10/h3-4,6-8H,5H2,1-2H3. The van der Waals surface area contributed by atoms with Crippen LogP contribution in [-0.2, 0) is 6.42 Å². The fourth-order valence-corrected chi connectivity index (χ4v) is 2.56. The molecule has 0 saturated carbocycles. The molecular formula is C11H13BrN2S. The summed E-state index contributed by atoms with van der Waals surface area (Å²) in [5.41, 5.74) is 2.22. The molecule has 2 rings (SSSR count). The molecule has 2 nitrogen and oxygen atoms in total. The van der Waals surface area contributed by atoms with Crippen LogP contribution in [0.2, 0.25) is 0 Å². The Morgan fingerprint density at radius 3 is 2.93 bits per heavy atom. The summed E-state index contributed by atoms with van der Waals surface area (Å²) in [6.45, 7) is 4.43. The predicted molar refractivity (Wildman–Crippen MR) is 68.7 cm³/mol. The Kier molecular flexibility index (Phi) is 3.36. The van der Waals surface area contributed by atoms with Gasteiger partial charge in [-0.25, -0.2) is 9.97 Å². The van der Waals surface area contributed by atoms with Crippen LogP contribution in [0.4, 0.5) is 0 Å². The zero-order chi connectivity index (χ0) is 10.8. The number of nitrogens with zero attached hydrogens (tertiary/aromatic N) is 2. The minimum atomic E-state index is 0.484. The van der Waals surface area contributed by atoms with Crippen molar-refractivity contribution in [2.24, 2.45) is 5.92 Å². The normalized spacial score (nSPS) is 13.6. The lowest BCUT2D eigenvalue weighted by Crippen LogP contribution is -2.11. The summed E-state index contributed by atoms with van der Waals surface area (Å²) in [6.07, 6.45) is 2.63. The third kappa shape index (κ3) is 2.37. The van der Waals surface area contributed by atoms with Gasteiger partial charge < -0.3 is 0 Å². The van der Waals surface area contributed by atoms with E-state index >= 15 is 0 Å². The summed E-state index contributed by atoms with van der Waals surface area (Å²) >= 11 is 5.42. The molecule has 0 amide bonds. The number of thiophene rings is 1. The average Bonchev–Trinajstić information content (AvgIpc) is 2.66. The maximum Gasteiger partial charge on any atom is 0.116 e. The van der Waals surface area contributed by atoms with Gasteiger partial charge in [-0.1, -0.05) is 29.8 Å². The van der Waals surface area contributed by atoms with Gasteiger partial charge in [0.2, 0.25) is 0 Å². The first-order valence-electron chi connectivity index (χ1n) is 4.99. The van der Waals surface area contributed by atoms with Gasteiger partial charge in [-0.05, 0) is 17.4 Å². The van der Waals surface area contributed by atoms with Gasteiger partial charge in [-0.3, -0.25) is 0 Å². The maximum absolute atomic E-state index is 4.37. The van der Waals surface area contributed by atoms with Crippen molar-refractivity contribution in [3.8, 4) is 0 Å². The van der Waals surface area contributed by atoms with E-state index in [1.54, 1.807) is 17.7 Å². The second-order valence-corrected chi connectivity index (χ2v) is 6.01. The summed E-state index contributed by atoms with van der Waals surface area (Å²) in [6, 6.07) is 2.05. The van der Waals surface area contributed by atoms with Crippen LogP contribution >= 0.6 is 27.3 Å². The zero-order valence-electron chi connectivity index (χ0n) is 8.77. The summed E-state index contributed by atoms with van der Waals surface area (Å²) in [7, 11) is 0. The van der Waals surface area contributed by atoms with E-state index in [-0.39, 0.29) is 0 Å². The topological polar surface area (TPSA) is 25.8 Å². The molecule has 0 saturated heterocycles. The second kappa shape index (κ2) is 4.58. The Hall–Kier alpha value is -0.480. The average molecular weight is 285 g/mol. The number of aromatic nitrogens is 2. The number of hydrogen-bond donors (Lipinski definition) is 0. The molecule has 0 aliphatic heterocycles. The van der Waals surface area contributed by atoms with E-state index in [1.165, 1.54) is 4.70 Å². The Morgan fingerprint density at radius 2 is 2.20 bits per heavy atom. The Morgan fingerprint density at radius 1 is 1.40 bits per heavy atom. The SMILES string of the molecule is CC(C)C(Br)Cc1ncnc2ccsc12. The molecule has 1 unspecified atom stereocenters. The molecule has 0 aromatic carbocycles. The highest BCUT2D eigenvalue weighted by Gasteiger charge is 2.13. The molecule has 0 radical (unpaired) electrons. The molecule has 2 aromatic rings. The molecule has 4 heteroatoms. The number of rotatable bonds is 3. The fraction of sp³-hybridized carbons (Fsp3) is 0.455. The highest BCUT2D eigenvalue weighted by Crippen LogP contribution is 2.25. The van der Waals surface area contributed by atoms with Gasteiger partial charge in [0.15, 0.2) is 0 Å². The third-order valence-electron chi connectivity index (χ3n) is 2.43. The van der Waals surface area contributed by atoms with Gasteiger partial charge in [0, 0.05) is 11.2 Å². The fourth-order valence-electron chi connectivity index (χ4n) is 1.41. The van der Waals surface area contributed by atoms with Gasteiger partial charge in [-0.2, -0.15) is 0 Å². The van der Waals surface area contributed by atoms with Crippen molar-refractivity contribution < 1.29 is 0 Å². The Bertz CT molecular complexity index is 453. The number of halogens is 1. The van der Waals surface area contributed by atoms with E-state index in [1.807, 2.05) is 6.07 Å². The lowest BCUT2D eigenvalue weighted by atomic mass is 10.1. The molecule has 0 bridgehead atoms. The summed E-state index contributed by atoms with van der Waals surface area (Å²) in [5, 5.41) is 2.07. The first-order valence-corrected chi connectivity index (χ1v) is 6.79. The molecular weight excluding hydrogens is 272 g/mol. The van der Waals surface area contributed by atoms with Crippen molar-refractivity contribution in [1.29, 1.82) is 0 Å². The quantitative estimate of drug-likeness (QED) is 0.804. The van der Waals surface area contributed by atoms with Crippen LogP contribution < -0.4 is 0 Å². The first kappa shape index (κ1) is 11.0.